The van der Waals surface area contributed by atoms with Gasteiger partial charge in [-0.15, -0.1) is 0 Å². The maximum absolute atomic E-state index is 12.4. The summed E-state index contributed by atoms with van der Waals surface area (Å²) in [6.07, 6.45) is 4.76. The van der Waals surface area contributed by atoms with E-state index >= 15 is 0 Å². The smallest absolute Gasteiger partial charge is 0.226 e. The van der Waals surface area contributed by atoms with E-state index in [0.29, 0.717) is 19.1 Å². The summed E-state index contributed by atoms with van der Waals surface area (Å²) < 4.78 is 0. The highest BCUT2D eigenvalue weighted by Crippen LogP contribution is 2.29. The molecule has 1 amide bonds. The Kier molecular flexibility index (Phi) is 4.31. The molecule has 4 nitrogen and oxygen atoms in total. The molecule has 2 N–H and O–H groups in total. The van der Waals surface area contributed by atoms with Crippen LogP contribution in [0.2, 0.25) is 0 Å². The van der Waals surface area contributed by atoms with Crippen LogP contribution in [-0.4, -0.2) is 28.4 Å². The molecule has 4 heteroatoms. The van der Waals surface area contributed by atoms with Crippen molar-refractivity contribution in [1.29, 1.82) is 0 Å². The highest BCUT2D eigenvalue weighted by atomic mass is 16.2. The molecule has 18 heavy (non-hydrogen) atoms. The molecule has 0 saturated heterocycles. The maximum Gasteiger partial charge on any atom is 0.226 e. The number of carbonyl (C=O) groups excluding carboxylic acids is 1. The van der Waals surface area contributed by atoms with Gasteiger partial charge in [-0.2, -0.15) is 0 Å². The van der Waals surface area contributed by atoms with E-state index in [-0.39, 0.29) is 11.8 Å². The summed E-state index contributed by atoms with van der Waals surface area (Å²) in [5.74, 6) is 0.230. The largest absolute Gasteiger partial charge is 0.334 e. The average molecular weight is 247 g/mol. The van der Waals surface area contributed by atoms with E-state index in [1.807, 2.05) is 30.0 Å². The van der Waals surface area contributed by atoms with Crippen molar-refractivity contribution in [3.63, 3.8) is 0 Å². The third-order valence-electron chi connectivity index (χ3n) is 3.35. The minimum atomic E-state index is 0.0133. The second-order valence-corrected chi connectivity index (χ2v) is 5.00. The second-order valence-electron chi connectivity index (χ2n) is 5.00. The van der Waals surface area contributed by atoms with E-state index in [4.69, 9.17) is 5.73 Å². The van der Waals surface area contributed by atoms with Crippen LogP contribution in [0, 0.1) is 5.92 Å². The van der Waals surface area contributed by atoms with Gasteiger partial charge in [0, 0.05) is 18.2 Å². The van der Waals surface area contributed by atoms with Crippen LogP contribution in [0.5, 0.6) is 0 Å². The summed E-state index contributed by atoms with van der Waals surface area (Å²) in [4.78, 5) is 18.6. The standard InChI is InChI=1S/C14H21N3O/c1-11(7-8-15)14(18)17(13-5-6-13)10-12-4-2-3-9-16-12/h2-4,9,11,13H,5-8,10,15H2,1H3. The number of hydrogen-bond acceptors (Lipinski definition) is 3. The number of carbonyl (C=O) groups is 1. The Morgan fingerprint density at radius 2 is 2.33 bits per heavy atom. The van der Waals surface area contributed by atoms with Crippen molar-refractivity contribution in [3.8, 4) is 0 Å². The minimum Gasteiger partial charge on any atom is -0.334 e. The van der Waals surface area contributed by atoms with Crippen LogP contribution in [0.4, 0.5) is 0 Å². The third-order valence-corrected chi connectivity index (χ3v) is 3.35. The first-order chi connectivity index (χ1) is 8.72. The molecule has 1 aromatic rings. The molecule has 1 unspecified atom stereocenters. The zero-order valence-electron chi connectivity index (χ0n) is 10.9. The van der Waals surface area contributed by atoms with Gasteiger partial charge in [0.15, 0.2) is 0 Å². The number of rotatable bonds is 6. The Labute approximate surface area is 108 Å². The summed E-state index contributed by atoms with van der Waals surface area (Å²) in [6.45, 7) is 3.15. The summed E-state index contributed by atoms with van der Waals surface area (Å²) >= 11 is 0. The molecule has 0 aliphatic heterocycles. The number of amides is 1. The normalized spacial score (nSPS) is 16.3. The van der Waals surface area contributed by atoms with E-state index in [1.165, 1.54) is 0 Å². The maximum atomic E-state index is 12.4. The van der Waals surface area contributed by atoms with Crippen molar-refractivity contribution < 1.29 is 4.79 Å². The van der Waals surface area contributed by atoms with Gasteiger partial charge < -0.3 is 10.6 Å². The van der Waals surface area contributed by atoms with E-state index in [2.05, 4.69) is 4.98 Å². The van der Waals surface area contributed by atoms with Crippen molar-refractivity contribution in [2.75, 3.05) is 6.54 Å². The number of pyridine rings is 1. The van der Waals surface area contributed by atoms with Crippen LogP contribution >= 0.6 is 0 Å². The van der Waals surface area contributed by atoms with Crippen molar-refractivity contribution in [3.05, 3.63) is 30.1 Å². The third kappa shape index (κ3) is 3.29. The van der Waals surface area contributed by atoms with Crippen molar-refractivity contribution in [2.24, 2.45) is 11.7 Å². The zero-order valence-corrected chi connectivity index (χ0v) is 10.9. The molecule has 98 valence electrons. The Bertz CT molecular complexity index is 389. The predicted octanol–water partition coefficient (Wildman–Crippen LogP) is 1.56. The average Bonchev–Trinajstić information content (AvgIpc) is 3.21. The van der Waals surface area contributed by atoms with Gasteiger partial charge in [0.2, 0.25) is 5.91 Å². The van der Waals surface area contributed by atoms with Gasteiger partial charge in [0.05, 0.1) is 12.2 Å². The van der Waals surface area contributed by atoms with Crippen molar-refractivity contribution >= 4 is 5.91 Å². The molecule has 1 atom stereocenters. The molecular formula is C14H21N3O. The fourth-order valence-electron chi connectivity index (χ4n) is 2.10. The first-order valence-electron chi connectivity index (χ1n) is 6.63. The summed E-state index contributed by atoms with van der Waals surface area (Å²) in [5, 5.41) is 0. The van der Waals surface area contributed by atoms with Gasteiger partial charge in [-0.3, -0.25) is 9.78 Å². The van der Waals surface area contributed by atoms with Crippen LogP contribution in [-0.2, 0) is 11.3 Å². The van der Waals surface area contributed by atoms with Crippen molar-refractivity contribution in [2.45, 2.75) is 38.8 Å². The first-order valence-corrected chi connectivity index (χ1v) is 6.63. The van der Waals surface area contributed by atoms with Gasteiger partial charge in [0.1, 0.15) is 0 Å². The molecule has 0 bridgehead atoms. The van der Waals surface area contributed by atoms with E-state index in [9.17, 15) is 4.79 Å². The Hall–Kier alpha value is -1.42. The molecular weight excluding hydrogens is 226 g/mol. The highest BCUT2D eigenvalue weighted by molar-refractivity contribution is 5.79. The summed E-state index contributed by atoms with van der Waals surface area (Å²) in [7, 11) is 0. The first kappa shape index (κ1) is 13.0. The van der Waals surface area contributed by atoms with Crippen LogP contribution in [0.1, 0.15) is 31.9 Å². The predicted molar refractivity (Wildman–Crippen MR) is 70.6 cm³/mol. The SMILES string of the molecule is CC(CCN)C(=O)N(Cc1ccccn1)C1CC1. The molecule has 0 aromatic carbocycles. The molecule has 1 aliphatic carbocycles. The van der Waals surface area contributed by atoms with Crippen LogP contribution in [0.25, 0.3) is 0 Å². The summed E-state index contributed by atoms with van der Waals surface area (Å²) in [6, 6.07) is 6.24. The lowest BCUT2D eigenvalue weighted by Crippen LogP contribution is -2.37. The van der Waals surface area contributed by atoms with E-state index in [0.717, 1.165) is 25.0 Å². The monoisotopic (exact) mass is 247 g/mol. The van der Waals surface area contributed by atoms with Gasteiger partial charge >= 0.3 is 0 Å². The molecule has 0 spiro atoms. The lowest BCUT2D eigenvalue weighted by molar-refractivity contribution is -0.136. The Morgan fingerprint density at radius 3 is 2.89 bits per heavy atom. The molecule has 1 aromatic heterocycles. The van der Waals surface area contributed by atoms with E-state index in [1.54, 1.807) is 6.20 Å². The quantitative estimate of drug-likeness (QED) is 0.830. The second kappa shape index (κ2) is 5.96. The lowest BCUT2D eigenvalue weighted by Gasteiger charge is -2.25. The molecule has 2 rings (SSSR count). The number of aromatic nitrogens is 1. The number of nitrogens with zero attached hydrogens (tertiary/aromatic N) is 2. The molecule has 1 fully saturated rings. The molecule has 1 saturated carbocycles. The number of nitrogens with two attached hydrogens (primary N) is 1. The molecule has 1 heterocycles. The van der Waals surface area contributed by atoms with E-state index < -0.39 is 0 Å². The van der Waals surface area contributed by atoms with Gasteiger partial charge in [-0.25, -0.2) is 0 Å². The van der Waals surface area contributed by atoms with Crippen LogP contribution < -0.4 is 5.73 Å². The molecule has 0 radical (unpaired) electrons. The van der Waals surface area contributed by atoms with Gasteiger partial charge in [-0.05, 0) is 37.9 Å². The zero-order chi connectivity index (χ0) is 13.0. The fraction of sp³-hybridized carbons (Fsp3) is 0.571. The fourth-order valence-corrected chi connectivity index (χ4v) is 2.10. The summed E-state index contributed by atoms with van der Waals surface area (Å²) in [5.41, 5.74) is 6.48. The number of hydrogen-bond donors (Lipinski definition) is 1. The highest BCUT2D eigenvalue weighted by Gasteiger charge is 2.34. The lowest BCUT2D eigenvalue weighted by atomic mass is 10.1. The molecule has 1 aliphatic rings. The topological polar surface area (TPSA) is 59.2 Å². The van der Waals surface area contributed by atoms with Gasteiger partial charge in [-0.1, -0.05) is 13.0 Å². The minimum absolute atomic E-state index is 0.0133. The van der Waals surface area contributed by atoms with Gasteiger partial charge in [0.25, 0.3) is 0 Å². The Morgan fingerprint density at radius 1 is 1.56 bits per heavy atom. The van der Waals surface area contributed by atoms with Crippen LogP contribution in [0.15, 0.2) is 24.4 Å². The Balaban J connectivity index is 2.02. The van der Waals surface area contributed by atoms with Crippen molar-refractivity contribution in [1.82, 2.24) is 9.88 Å². The van der Waals surface area contributed by atoms with Crippen LogP contribution in [0.3, 0.4) is 0 Å².